The summed E-state index contributed by atoms with van der Waals surface area (Å²) < 4.78 is 0. The maximum absolute atomic E-state index is 12.4. The molecule has 0 aromatic rings. The molecule has 0 rings (SSSR count). The van der Waals surface area contributed by atoms with Gasteiger partial charge in [0.1, 0.15) is 0 Å². The summed E-state index contributed by atoms with van der Waals surface area (Å²) in [6.07, 6.45) is 77.4. The van der Waals surface area contributed by atoms with Crippen LogP contribution in [0, 0.1) is 0 Å². The Labute approximate surface area is 386 Å². The molecule has 3 N–H and O–H groups in total. The summed E-state index contributed by atoms with van der Waals surface area (Å²) in [6, 6.07) is -0.652. The summed E-state index contributed by atoms with van der Waals surface area (Å²) in [5.74, 6) is -0.107. The normalized spacial score (nSPS) is 13.5. The van der Waals surface area contributed by atoms with Gasteiger partial charge in [0.05, 0.1) is 18.8 Å². The topological polar surface area (TPSA) is 69.6 Å². The van der Waals surface area contributed by atoms with Crippen molar-refractivity contribution in [2.24, 2.45) is 0 Å². The van der Waals surface area contributed by atoms with Gasteiger partial charge in [-0.1, -0.05) is 266 Å². The number of rotatable bonds is 48. The quantitative estimate of drug-likeness (QED) is 0.0422. The molecular weight excluding hydrogens is 759 g/mol. The van der Waals surface area contributed by atoms with E-state index in [-0.39, 0.29) is 12.5 Å². The molecule has 0 saturated heterocycles. The highest BCUT2D eigenvalue weighted by Crippen LogP contribution is 2.16. The lowest BCUT2D eigenvalue weighted by molar-refractivity contribution is -0.123. The van der Waals surface area contributed by atoms with E-state index in [1.807, 2.05) is 6.08 Å². The number of hydrogen-bond donors (Lipinski definition) is 3. The Kier molecular flexibility index (Phi) is 50.8. The molecule has 358 valence electrons. The van der Waals surface area contributed by atoms with Crippen LogP contribution in [0.3, 0.4) is 0 Å². The van der Waals surface area contributed by atoms with Crippen LogP contribution in [0.15, 0.2) is 85.1 Å². The molecule has 2 unspecified atom stereocenters. The first-order valence-corrected chi connectivity index (χ1v) is 26.8. The third kappa shape index (κ3) is 48.6. The summed E-state index contributed by atoms with van der Waals surface area (Å²) in [5.41, 5.74) is 0. The summed E-state index contributed by atoms with van der Waals surface area (Å²) in [5, 5.41) is 23.1. The second-order valence-electron chi connectivity index (χ2n) is 17.9. The molecule has 0 saturated carbocycles. The van der Waals surface area contributed by atoms with Gasteiger partial charge in [0, 0.05) is 6.42 Å². The van der Waals surface area contributed by atoms with Crippen molar-refractivity contribution in [3.05, 3.63) is 85.1 Å². The number of hydrogen-bond acceptors (Lipinski definition) is 3. The fourth-order valence-corrected chi connectivity index (χ4v) is 7.83. The first kappa shape index (κ1) is 59.6. The molecule has 0 aliphatic rings. The standard InChI is InChI=1S/C58H103NO3/c1-3-5-7-9-11-13-15-17-19-21-23-25-26-27-28-29-30-31-32-34-35-37-39-41-43-45-47-49-51-53-57(61)56(55-60)59-58(62)54-52-50-48-46-44-42-40-38-36-33-24-22-20-18-16-14-12-10-8-6-4-2/h6,8,12,14,18,20,24,33,38,40,44,46,51,53,56-57,60-61H,3-5,7,9-11,13,15-17,19,21-23,25-32,34-37,39,41-43,45,47-50,52,54-55H2,1-2H3,(H,59,62)/b8-6-,14-12-,20-18-,33-24-,40-38-,46-44-,53-51+. The van der Waals surface area contributed by atoms with Crippen molar-refractivity contribution in [1.82, 2.24) is 5.32 Å². The van der Waals surface area contributed by atoms with Gasteiger partial charge < -0.3 is 15.5 Å². The van der Waals surface area contributed by atoms with Gasteiger partial charge in [-0.15, -0.1) is 0 Å². The minimum atomic E-state index is -0.864. The van der Waals surface area contributed by atoms with Gasteiger partial charge >= 0.3 is 0 Å². The average molecular weight is 862 g/mol. The largest absolute Gasteiger partial charge is 0.394 e. The van der Waals surface area contributed by atoms with E-state index < -0.39 is 12.1 Å². The Bertz CT molecular complexity index is 1110. The molecule has 0 aromatic carbocycles. The molecule has 62 heavy (non-hydrogen) atoms. The highest BCUT2D eigenvalue weighted by molar-refractivity contribution is 5.76. The van der Waals surface area contributed by atoms with Gasteiger partial charge in [0.2, 0.25) is 5.91 Å². The predicted octanol–water partition coefficient (Wildman–Crippen LogP) is 17.6. The van der Waals surface area contributed by atoms with Crippen LogP contribution in [0.25, 0.3) is 0 Å². The van der Waals surface area contributed by atoms with Crippen molar-refractivity contribution in [2.75, 3.05) is 6.61 Å². The third-order valence-corrected chi connectivity index (χ3v) is 11.9. The van der Waals surface area contributed by atoms with Crippen LogP contribution >= 0.6 is 0 Å². The minimum Gasteiger partial charge on any atom is -0.394 e. The molecule has 0 fully saturated rings. The van der Waals surface area contributed by atoms with E-state index in [1.54, 1.807) is 6.08 Å². The number of aliphatic hydroxyl groups excluding tert-OH is 2. The lowest BCUT2D eigenvalue weighted by Crippen LogP contribution is -2.45. The number of carbonyl (C=O) groups excluding carboxylic acids is 1. The molecule has 0 spiro atoms. The van der Waals surface area contributed by atoms with Crippen molar-refractivity contribution in [3.8, 4) is 0 Å². The Morgan fingerprint density at radius 2 is 0.710 bits per heavy atom. The van der Waals surface area contributed by atoms with Crippen LogP contribution in [0.2, 0.25) is 0 Å². The minimum absolute atomic E-state index is 0.107. The molecule has 0 heterocycles. The van der Waals surface area contributed by atoms with Gasteiger partial charge in [-0.2, -0.15) is 0 Å². The molecule has 4 nitrogen and oxygen atoms in total. The van der Waals surface area contributed by atoms with Gasteiger partial charge in [-0.25, -0.2) is 0 Å². The Hall–Kier alpha value is -2.43. The number of amides is 1. The Balaban J connectivity index is 3.58. The molecule has 0 bridgehead atoms. The van der Waals surface area contributed by atoms with Crippen LogP contribution < -0.4 is 5.32 Å². The first-order valence-electron chi connectivity index (χ1n) is 26.8. The van der Waals surface area contributed by atoms with Gasteiger partial charge in [-0.3, -0.25) is 4.79 Å². The van der Waals surface area contributed by atoms with Crippen molar-refractivity contribution in [1.29, 1.82) is 0 Å². The lowest BCUT2D eigenvalue weighted by atomic mass is 10.0. The number of allylic oxidation sites excluding steroid dienone is 13. The molecule has 2 atom stereocenters. The summed E-state index contributed by atoms with van der Waals surface area (Å²) in [6.45, 7) is 4.19. The highest BCUT2D eigenvalue weighted by Gasteiger charge is 2.17. The van der Waals surface area contributed by atoms with E-state index in [4.69, 9.17) is 0 Å². The lowest BCUT2D eigenvalue weighted by Gasteiger charge is -2.19. The first-order chi connectivity index (χ1) is 30.7. The van der Waals surface area contributed by atoms with Gasteiger partial charge in [0.15, 0.2) is 0 Å². The smallest absolute Gasteiger partial charge is 0.220 e. The van der Waals surface area contributed by atoms with E-state index in [0.717, 1.165) is 70.6 Å². The molecule has 1 amide bonds. The Morgan fingerprint density at radius 1 is 0.403 bits per heavy atom. The van der Waals surface area contributed by atoms with Crippen molar-refractivity contribution < 1.29 is 15.0 Å². The fourth-order valence-electron chi connectivity index (χ4n) is 7.83. The average Bonchev–Trinajstić information content (AvgIpc) is 3.28. The SMILES string of the molecule is CC/C=C\C/C=C\C/C=C\C/C=C\C/C=C\C/C=C\CCCCC(=O)NC(CO)C(O)/C=C/CCCCCCCCCCCCCCCCCCCCCCCCCCCCC. The van der Waals surface area contributed by atoms with Crippen LogP contribution in [0.1, 0.15) is 258 Å². The zero-order valence-electron chi connectivity index (χ0n) is 41.1. The molecule has 4 heteroatoms. The molecule has 0 aliphatic carbocycles. The van der Waals surface area contributed by atoms with E-state index in [2.05, 4.69) is 92.1 Å². The number of aliphatic hydroxyl groups is 2. The van der Waals surface area contributed by atoms with Crippen LogP contribution in [0.4, 0.5) is 0 Å². The molecule has 0 radical (unpaired) electrons. The summed E-state index contributed by atoms with van der Waals surface area (Å²) >= 11 is 0. The zero-order valence-corrected chi connectivity index (χ0v) is 41.1. The highest BCUT2D eigenvalue weighted by atomic mass is 16.3. The van der Waals surface area contributed by atoms with E-state index in [1.165, 1.54) is 167 Å². The number of carbonyl (C=O) groups is 1. The van der Waals surface area contributed by atoms with E-state index >= 15 is 0 Å². The molecular formula is C58H103NO3. The fraction of sp³-hybridized carbons (Fsp3) is 0.741. The second kappa shape index (κ2) is 52.9. The number of unbranched alkanes of at least 4 members (excludes halogenated alkanes) is 29. The van der Waals surface area contributed by atoms with Crippen LogP contribution in [-0.2, 0) is 4.79 Å². The predicted molar refractivity (Wildman–Crippen MR) is 276 cm³/mol. The molecule has 0 aliphatic heterocycles. The van der Waals surface area contributed by atoms with Crippen molar-refractivity contribution >= 4 is 5.91 Å². The van der Waals surface area contributed by atoms with E-state index in [9.17, 15) is 15.0 Å². The maximum Gasteiger partial charge on any atom is 0.220 e. The van der Waals surface area contributed by atoms with Gasteiger partial charge in [-0.05, 0) is 70.6 Å². The maximum atomic E-state index is 12.4. The van der Waals surface area contributed by atoms with Crippen molar-refractivity contribution in [2.45, 2.75) is 270 Å². The van der Waals surface area contributed by atoms with Crippen LogP contribution in [-0.4, -0.2) is 34.9 Å². The zero-order chi connectivity index (χ0) is 44.9. The summed E-state index contributed by atoms with van der Waals surface area (Å²) in [4.78, 5) is 12.4. The van der Waals surface area contributed by atoms with E-state index in [0.29, 0.717) is 6.42 Å². The monoisotopic (exact) mass is 862 g/mol. The Morgan fingerprint density at radius 3 is 1.06 bits per heavy atom. The van der Waals surface area contributed by atoms with Gasteiger partial charge in [0.25, 0.3) is 0 Å². The second-order valence-corrected chi connectivity index (χ2v) is 17.9. The summed E-state index contributed by atoms with van der Waals surface area (Å²) in [7, 11) is 0. The van der Waals surface area contributed by atoms with Crippen LogP contribution in [0.5, 0.6) is 0 Å². The van der Waals surface area contributed by atoms with Crippen molar-refractivity contribution in [3.63, 3.8) is 0 Å². The molecule has 0 aromatic heterocycles. The third-order valence-electron chi connectivity index (χ3n) is 11.9. The number of nitrogens with one attached hydrogen (secondary N) is 1.